The van der Waals surface area contributed by atoms with Crippen LogP contribution in [0.4, 0.5) is 0 Å². The van der Waals surface area contributed by atoms with Gasteiger partial charge in [0.15, 0.2) is 0 Å². The Balaban J connectivity index is 2.04. The monoisotopic (exact) mass is 282 g/mol. The van der Waals surface area contributed by atoms with Crippen molar-refractivity contribution in [2.45, 2.75) is 6.42 Å². The van der Waals surface area contributed by atoms with Crippen molar-refractivity contribution in [1.82, 2.24) is 9.80 Å². The summed E-state index contributed by atoms with van der Waals surface area (Å²) in [6, 6.07) is 5.37. The van der Waals surface area contributed by atoms with Gasteiger partial charge in [0.25, 0.3) is 0 Å². The van der Waals surface area contributed by atoms with E-state index in [9.17, 15) is 4.79 Å². The molecule has 1 fully saturated rings. The summed E-state index contributed by atoms with van der Waals surface area (Å²) in [4.78, 5) is 16.4. The number of nitrogens with zero attached hydrogens (tertiary/aromatic N) is 2. The fourth-order valence-corrected chi connectivity index (χ4v) is 2.41. The SMILES string of the molecule is COc1ccc(Cl)cc1CC(=O)N1CCN(C)CC1. The minimum Gasteiger partial charge on any atom is -0.496 e. The van der Waals surface area contributed by atoms with Gasteiger partial charge in [0, 0.05) is 36.8 Å². The topological polar surface area (TPSA) is 32.8 Å². The highest BCUT2D eigenvalue weighted by Crippen LogP contribution is 2.23. The van der Waals surface area contributed by atoms with Gasteiger partial charge in [-0.15, -0.1) is 0 Å². The van der Waals surface area contributed by atoms with E-state index < -0.39 is 0 Å². The molecule has 4 nitrogen and oxygen atoms in total. The van der Waals surface area contributed by atoms with Gasteiger partial charge in [-0.1, -0.05) is 11.6 Å². The molecule has 0 radical (unpaired) electrons. The van der Waals surface area contributed by atoms with Gasteiger partial charge in [-0.05, 0) is 25.2 Å². The predicted octanol–water partition coefficient (Wildman–Crippen LogP) is 1.67. The van der Waals surface area contributed by atoms with Crippen LogP contribution in [0.25, 0.3) is 0 Å². The van der Waals surface area contributed by atoms with E-state index in [1.807, 2.05) is 4.90 Å². The molecule has 19 heavy (non-hydrogen) atoms. The van der Waals surface area contributed by atoms with Crippen LogP contribution in [0.1, 0.15) is 5.56 Å². The van der Waals surface area contributed by atoms with Crippen LogP contribution in [0.3, 0.4) is 0 Å². The molecular weight excluding hydrogens is 264 g/mol. The normalized spacial score (nSPS) is 16.5. The zero-order valence-corrected chi connectivity index (χ0v) is 12.1. The van der Waals surface area contributed by atoms with Gasteiger partial charge in [0.1, 0.15) is 5.75 Å². The number of hydrogen-bond donors (Lipinski definition) is 0. The number of carbonyl (C=O) groups is 1. The van der Waals surface area contributed by atoms with Crippen molar-refractivity contribution in [3.05, 3.63) is 28.8 Å². The second-order valence-electron chi connectivity index (χ2n) is 4.82. The molecule has 5 heteroatoms. The largest absolute Gasteiger partial charge is 0.496 e. The number of halogens is 1. The fraction of sp³-hybridized carbons (Fsp3) is 0.500. The van der Waals surface area contributed by atoms with Crippen LogP contribution in [0.15, 0.2) is 18.2 Å². The minimum atomic E-state index is 0.133. The van der Waals surface area contributed by atoms with Gasteiger partial charge in [-0.25, -0.2) is 0 Å². The van der Waals surface area contributed by atoms with Crippen LogP contribution in [0, 0.1) is 0 Å². The first-order chi connectivity index (χ1) is 9.10. The van der Waals surface area contributed by atoms with Gasteiger partial charge >= 0.3 is 0 Å². The number of rotatable bonds is 3. The molecular formula is C14H19ClN2O2. The third kappa shape index (κ3) is 3.61. The molecule has 1 saturated heterocycles. The van der Waals surface area contributed by atoms with Gasteiger partial charge in [-0.2, -0.15) is 0 Å². The van der Waals surface area contributed by atoms with Crippen LogP contribution in [0.2, 0.25) is 5.02 Å². The first-order valence-corrected chi connectivity index (χ1v) is 6.76. The summed E-state index contributed by atoms with van der Waals surface area (Å²) in [5, 5.41) is 0.627. The molecule has 1 amide bonds. The Morgan fingerprint density at radius 2 is 2.00 bits per heavy atom. The van der Waals surface area contributed by atoms with E-state index >= 15 is 0 Å². The van der Waals surface area contributed by atoms with Crippen molar-refractivity contribution in [2.24, 2.45) is 0 Å². The summed E-state index contributed by atoms with van der Waals surface area (Å²) in [7, 11) is 3.68. The maximum absolute atomic E-state index is 12.3. The van der Waals surface area contributed by atoms with Gasteiger partial charge < -0.3 is 14.5 Å². The highest BCUT2D eigenvalue weighted by molar-refractivity contribution is 6.30. The minimum absolute atomic E-state index is 0.133. The van der Waals surface area contributed by atoms with Crippen molar-refractivity contribution in [2.75, 3.05) is 40.3 Å². The molecule has 0 aliphatic carbocycles. The highest BCUT2D eigenvalue weighted by atomic mass is 35.5. The predicted molar refractivity (Wildman–Crippen MR) is 75.8 cm³/mol. The molecule has 1 aromatic rings. The average molecular weight is 283 g/mol. The van der Waals surface area contributed by atoms with Gasteiger partial charge in [-0.3, -0.25) is 4.79 Å². The Labute approximate surface area is 118 Å². The molecule has 0 atom stereocenters. The summed E-state index contributed by atoms with van der Waals surface area (Å²) < 4.78 is 5.27. The Morgan fingerprint density at radius 1 is 1.32 bits per heavy atom. The van der Waals surface area contributed by atoms with Crippen molar-refractivity contribution < 1.29 is 9.53 Å². The molecule has 1 aliphatic heterocycles. The number of piperazine rings is 1. The maximum Gasteiger partial charge on any atom is 0.227 e. The Kier molecular flexibility index (Phi) is 4.66. The Bertz CT molecular complexity index is 457. The maximum atomic E-state index is 12.3. The first-order valence-electron chi connectivity index (χ1n) is 6.39. The van der Waals surface area contributed by atoms with Crippen LogP contribution in [0.5, 0.6) is 5.75 Å². The van der Waals surface area contributed by atoms with E-state index in [1.54, 1.807) is 25.3 Å². The summed E-state index contributed by atoms with van der Waals surface area (Å²) in [5.41, 5.74) is 0.846. The molecule has 104 valence electrons. The lowest BCUT2D eigenvalue weighted by Gasteiger charge is -2.32. The number of benzene rings is 1. The molecule has 2 rings (SSSR count). The van der Waals surface area contributed by atoms with E-state index in [0.717, 1.165) is 31.7 Å². The first kappa shape index (κ1) is 14.2. The number of carbonyl (C=O) groups excluding carboxylic acids is 1. The number of methoxy groups -OCH3 is 1. The summed E-state index contributed by atoms with van der Waals surface area (Å²) in [6.45, 7) is 3.44. The lowest BCUT2D eigenvalue weighted by Crippen LogP contribution is -2.47. The highest BCUT2D eigenvalue weighted by Gasteiger charge is 2.20. The van der Waals surface area contributed by atoms with Crippen molar-refractivity contribution in [1.29, 1.82) is 0 Å². The lowest BCUT2D eigenvalue weighted by atomic mass is 10.1. The van der Waals surface area contributed by atoms with Gasteiger partial charge in [0.2, 0.25) is 5.91 Å². The molecule has 0 N–H and O–H groups in total. The molecule has 1 aromatic carbocycles. The fourth-order valence-electron chi connectivity index (χ4n) is 2.22. The van der Waals surface area contributed by atoms with E-state index in [0.29, 0.717) is 17.2 Å². The summed E-state index contributed by atoms with van der Waals surface area (Å²) >= 11 is 5.98. The number of hydrogen-bond acceptors (Lipinski definition) is 3. The quantitative estimate of drug-likeness (QED) is 0.845. The van der Waals surface area contributed by atoms with Crippen LogP contribution < -0.4 is 4.74 Å². The standard InChI is InChI=1S/C14H19ClN2O2/c1-16-5-7-17(8-6-16)14(18)10-11-9-12(15)3-4-13(11)19-2/h3-4,9H,5-8,10H2,1-2H3. The molecule has 0 spiro atoms. The summed E-state index contributed by atoms with van der Waals surface area (Å²) in [5.74, 6) is 0.848. The van der Waals surface area contributed by atoms with Crippen LogP contribution >= 0.6 is 11.6 Å². The molecule has 0 unspecified atom stereocenters. The van der Waals surface area contributed by atoms with Crippen molar-refractivity contribution >= 4 is 17.5 Å². The van der Waals surface area contributed by atoms with E-state index in [4.69, 9.17) is 16.3 Å². The van der Waals surface area contributed by atoms with E-state index in [1.165, 1.54) is 0 Å². The third-order valence-corrected chi connectivity index (χ3v) is 3.68. The Morgan fingerprint density at radius 3 is 2.63 bits per heavy atom. The molecule has 0 aromatic heterocycles. The second kappa shape index (κ2) is 6.26. The number of amides is 1. The third-order valence-electron chi connectivity index (χ3n) is 3.44. The summed E-state index contributed by atoms with van der Waals surface area (Å²) in [6.07, 6.45) is 0.341. The lowest BCUT2D eigenvalue weighted by molar-refractivity contribution is -0.132. The Hall–Kier alpha value is -1.26. The van der Waals surface area contributed by atoms with E-state index in [-0.39, 0.29) is 5.91 Å². The van der Waals surface area contributed by atoms with Crippen LogP contribution in [-0.4, -0.2) is 56.0 Å². The van der Waals surface area contributed by atoms with Gasteiger partial charge in [0.05, 0.1) is 13.5 Å². The average Bonchev–Trinajstić information content (AvgIpc) is 2.39. The number of ether oxygens (including phenoxy) is 1. The van der Waals surface area contributed by atoms with Crippen molar-refractivity contribution in [3.8, 4) is 5.75 Å². The smallest absolute Gasteiger partial charge is 0.227 e. The van der Waals surface area contributed by atoms with Crippen molar-refractivity contribution in [3.63, 3.8) is 0 Å². The zero-order valence-electron chi connectivity index (χ0n) is 11.4. The van der Waals surface area contributed by atoms with E-state index in [2.05, 4.69) is 11.9 Å². The molecule has 0 bridgehead atoms. The number of likely N-dealkylation sites (N-methyl/N-ethyl adjacent to an activating group) is 1. The molecule has 0 saturated carbocycles. The zero-order chi connectivity index (χ0) is 13.8. The second-order valence-corrected chi connectivity index (χ2v) is 5.25. The van der Waals surface area contributed by atoms with Crippen LogP contribution in [-0.2, 0) is 11.2 Å². The molecule has 1 aliphatic rings. The molecule has 1 heterocycles.